The van der Waals surface area contributed by atoms with Gasteiger partial charge in [0.15, 0.2) is 0 Å². The minimum atomic E-state index is -0.515. The Bertz CT molecular complexity index is 316. The van der Waals surface area contributed by atoms with Crippen LogP contribution in [-0.2, 0) is 14.3 Å². The minimum Gasteiger partial charge on any atom is -0.468 e. The van der Waals surface area contributed by atoms with Crippen molar-refractivity contribution in [2.75, 3.05) is 41.0 Å². The van der Waals surface area contributed by atoms with Gasteiger partial charge in [0.25, 0.3) is 0 Å². The molecule has 1 N–H and O–H groups in total. The normalized spacial score (nSPS) is 22.3. The van der Waals surface area contributed by atoms with E-state index < -0.39 is 5.54 Å². The third-order valence-corrected chi connectivity index (χ3v) is 4.06. The molecular formula is C14H26N2O3. The highest BCUT2D eigenvalue weighted by Crippen LogP contribution is 2.42. The van der Waals surface area contributed by atoms with E-state index in [2.05, 4.69) is 10.2 Å². The van der Waals surface area contributed by atoms with Crippen molar-refractivity contribution < 1.29 is 14.3 Å². The quantitative estimate of drug-likeness (QED) is 0.623. The zero-order chi connectivity index (χ0) is 13.9. The van der Waals surface area contributed by atoms with Gasteiger partial charge in [0.1, 0.15) is 5.54 Å². The SMILES string of the molecule is COCCN(C)CC(NC1CC1)(C(=O)OC)C1CC1. The lowest BCUT2D eigenvalue weighted by molar-refractivity contribution is -0.151. The number of ether oxygens (including phenoxy) is 2. The van der Waals surface area contributed by atoms with Crippen LogP contribution in [0.15, 0.2) is 0 Å². The zero-order valence-corrected chi connectivity index (χ0v) is 12.3. The summed E-state index contributed by atoms with van der Waals surface area (Å²) < 4.78 is 10.2. The summed E-state index contributed by atoms with van der Waals surface area (Å²) in [5, 5.41) is 3.57. The third kappa shape index (κ3) is 3.68. The predicted molar refractivity (Wildman–Crippen MR) is 73.0 cm³/mol. The van der Waals surface area contributed by atoms with Crippen molar-refractivity contribution in [1.29, 1.82) is 0 Å². The Kier molecular flexibility index (Phi) is 4.81. The van der Waals surface area contributed by atoms with E-state index in [1.807, 2.05) is 7.05 Å². The van der Waals surface area contributed by atoms with Gasteiger partial charge in [-0.1, -0.05) is 0 Å². The van der Waals surface area contributed by atoms with Gasteiger partial charge in [-0.2, -0.15) is 0 Å². The number of nitrogens with one attached hydrogen (secondary N) is 1. The molecular weight excluding hydrogens is 244 g/mol. The summed E-state index contributed by atoms with van der Waals surface area (Å²) in [4.78, 5) is 14.5. The van der Waals surface area contributed by atoms with Gasteiger partial charge >= 0.3 is 5.97 Å². The van der Waals surface area contributed by atoms with E-state index in [1.54, 1.807) is 7.11 Å². The molecule has 2 aliphatic carbocycles. The van der Waals surface area contributed by atoms with E-state index >= 15 is 0 Å². The van der Waals surface area contributed by atoms with Crippen LogP contribution >= 0.6 is 0 Å². The molecule has 0 amide bonds. The first-order valence-electron chi connectivity index (χ1n) is 7.16. The monoisotopic (exact) mass is 270 g/mol. The summed E-state index contributed by atoms with van der Waals surface area (Å²) in [6, 6.07) is 0.496. The molecule has 110 valence electrons. The maximum atomic E-state index is 12.3. The van der Waals surface area contributed by atoms with Gasteiger partial charge in [-0.3, -0.25) is 5.32 Å². The summed E-state index contributed by atoms with van der Waals surface area (Å²) in [5.41, 5.74) is -0.515. The van der Waals surface area contributed by atoms with Crippen molar-refractivity contribution in [1.82, 2.24) is 10.2 Å². The molecule has 5 heteroatoms. The van der Waals surface area contributed by atoms with Crippen molar-refractivity contribution in [3.63, 3.8) is 0 Å². The van der Waals surface area contributed by atoms with Crippen molar-refractivity contribution in [3.05, 3.63) is 0 Å². The molecule has 5 nitrogen and oxygen atoms in total. The summed E-state index contributed by atoms with van der Waals surface area (Å²) in [7, 11) is 5.22. The highest BCUT2D eigenvalue weighted by atomic mass is 16.5. The molecule has 0 saturated heterocycles. The van der Waals surface area contributed by atoms with Crippen LogP contribution in [0.3, 0.4) is 0 Å². The molecule has 2 fully saturated rings. The first kappa shape index (κ1) is 14.8. The second-order valence-corrected chi connectivity index (χ2v) is 5.89. The molecule has 0 heterocycles. The summed E-state index contributed by atoms with van der Waals surface area (Å²) in [6.07, 6.45) is 4.58. The van der Waals surface area contributed by atoms with Crippen LogP contribution in [0.5, 0.6) is 0 Å². The molecule has 1 unspecified atom stereocenters. The van der Waals surface area contributed by atoms with E-state index in [-0.39, 0.29) is 5.97 Å². The number of hydrogen-bond acceptors (Lipinski definition) is 5. The molecule has 2 saturated carbocycles. The van der Waals surface area contributed by atoms with Gasteiger partial charge in [-0.25, -0.2) is 4.79 Å². The number of esters is 1. The maximum absolute atomic E-state index is 12.3. The van der Waals surface area contributed by atoms with Crippen molar-refractivity contribution in [2.24, 2.45) is 5.92 Å². The Hall–Kier alpha value is -0.650. The number of likely N-dealkylation sites (N-methyl/N-ethyl adjacent to an activating group) is 1. The molecule has 0 aromatic rings. The largest absolute Gasteiger partial charge is 0.468 e. The fourth-order valence-electron chi connectivity index (χ4n) is 2.68. The van der Waals surface area contributed by atoms with Gasteiger partial charge in [0, 0.05) is 26.2 Å². The van der Waals surface area contributed by atoms with Gasteiger partial charge in [0.2, 0.25) is 0 Å². The van der Waals surface area contributed by atoms with E-state index in [1.165, 1.54) is 20.0 Å². The second-order valence-electron chi connectivity index (χ2n) is 5.89. The van der Waals surface area contributed by atoms with Crippen LogP contribution in [0.1, 0.15) is 25.7 Å². The zero-order valence-electron chi connectivity index (χ0n) is 12.3. The molecule has 0 aromatic carbocycles. The maximum Gasteiger partial charge on any atom is 0.327 e. The fourth-order valence-corrected chi connectivity index (χ4v) is 2.68. The van der Waals surface area contributed by atoms with E-state index in [9.17, 15) is 4.79 Å². The standard InChI is InChI=1S/C14H26N2O3/c1-16(8-9-18-2)10-14(11-4-5-11,13(17)19-3)15-12-6-7-12/h11-12,15H,4-10H2,1-3H3. The Morgan fingerprint density at radius 2 is 2.00 bits per heavy atom. The Morgan fingerprint density at radius 1 is 1.32 bits per heavy atom. The molecule has 19 heavy (non-hydrogen) atoms. The molecule has 2 aliphatic rings. The average Bonchev–Trinajstić information content (AvgIpc) is 3.26. The number of rotatable bonds is 9. The van der Waals surface area contributed by atoms with Crippen molar-refractivity contribution in [3.8, 4) is 0 Å². The molecule has 0 aliphatic heterocycles. The van der Waals surface area contributed by atoms with E-state index in [0.717, 1.165) is 19.4 Å². The predicted octanol–water partition coefficient (Wildman–Crippen LogP) is 0.638. The Morgan fingerprint density at radius 3 is 2.47 bits per heavy atom. The molecule has 0 aromatic heterocycles. The van der Waals surface area contributed by atoms with Crippen LogP contribution in [-0.4, -0.2) is 63.4 Å². The molecule has 0 bridgehead atoms. The number of hydrogen-bond donors (Lipinski definition) is 1. The first-order valence-corrected chi connectivity index (χ1v) is 7.16. The Balaban J connectivity index is 2.04. The van der Waals surface area contributed by atoms with Crippen LogP contribution in [0.2, 0.25) is 0 Å². The van der Waals surface area contributed by atoms with Gasteiger partial charge in [-0.15, -0.1) is 0 Å². The minimum absolute atomic E-state index is 0.105. The Labute approximate surface area is 115 Å². The number of nitrogens with zero attached hydrogens (tertiary/aromatic N) is 1. The van der Waals surface area contributed by atoms with Crippen LogP contribution in [0.4, 0.5) is 0 Å². The number of carbonyl (C=O) groups excluding carboxylic acids is 1. The third-order valence-electron chi connectivity index (χ3n) is 4.06. The fraction of sp³-hybridized carbons (Fsp3) is 0.929. The molecule has 0 spiro atoms. The molecule has 2 rings (SSSR count). The summed E-state index contributed by atoms with van der Waals surface area (Å²) in [5.74, 6) is 0.316. The number of carbonyl (C=O) groups is 1. The lowest BCUT2D eigenvalue weighted by Crippen LogP contribution is -2.61. The average molecular weight is 270 g/mol. The summed E-state index contributed by atoms with van der Waals surface area (Å²) in [6.45, 7) is 2.21. The summed E-state index contributed by atoms with van der Waals surface area (Å²) >= 11 is 0. The second kappa shape index (κ2) is 6.20. The topological polar surface area (TPSA) is 50.8 Å². The van der Waals surface area contributed by atoms with Gasteiger partial charge < -0.3 is 14.4 Å². The first-order chi connectivity index (χ1) is 9.12. The van der Waals surface area contributed by atoms with Crippen LogP contribution in [0.25, 0.3) is 0 Å². The van der Waals surface area contributed by atoms with Crippen LogP contribution in [0, 0.1) is 5.92 Å². The highest BCUT2D eigenvalue weighted by Gasteiger charge is 2.54. The highest BCUT2D eigenvalue weighted by molar-refractivity contribution is 5.82. The number of methoxy groups -OCH3 is 2. The van der Waals surface area contributed by atoms with Gasteiger partial charge in [0.05, 0.1) is 13.7 Å². The van der Waals surface area contributed by atoms with Crippen molar-refractivity contribution >= 4 is 5.97 Å². The van der Waals surface area contributed by atoms with Crippen LogP contribution < -0.4 is 5.32 Å². The smallest absolute Gasteiger partial charge is 0.327 e. The van der Waals surface area contributed by atoms with E-state index in [0.29, 0.717) is 25.1 Å². The molecule has 0 radical (unpaired) electrons. The lowest BCUT2D eigenvalue weighted by Gasteiger charge is -2.36. The molecule has 1 atom stereocenters. The lowest BCUT2D eigenvalue weighted by atomic mass is 9.92. The van der Waals surface area contributed by atoms with Crippen molar-refractivity contribution in [2.45, 2.75) is 37.3 Å². The van der Waals surface area contributed by atoms with E-state index in [4.69, 9.17) is 9.47 Å². The van der Waals surface area contributed by atoms with Gasteiger partial charge in [-0.05, 0) is 38.6 Å².